The first-order valence-electron chi connectivity index (χ1n) is 12.5. The molecule has 2 heterocycles. The number of fused-ring (bicyclic) bond motifs is 2. The highest BCUT2D eigenvalue weighted by Crippen LogP contribution is 2.44. The van der Waals surface area contributed by atoms with Crippen molar-refractivity contribution in [3.05, 3.63) is 34.9 Å². The van der Waals surface area contributed by atoms with Crippen LogP contribution in [0.15, 0.2) is 24.3 Å². The zero-order valence-corrected chi connectivity index (χ0v) is 21.8. The van der Waals surface area contributed by atoms with Crippen molar-refractivity contribution in [2.24, 2.45) is 11.3 Å². The number of nitrogens with one attached hydrogen (secondary N) is 2. The molecule has 2 aliphatic heterocycles. The molecule has 1 unspecified atom stereocenters. The van der Waals surface area contributed by atoms with E-state index in [9.17, 15) is 19.2 Å². The van der Waals surface area contributed by atoms with Crippen molar-refractivity contribution in [3.63, 3.8) is 0 Å². The monoisotopic (exact) mass is 519 g/mol. The van der Waals surface area contributed by atoms with Crippen LogP contribution < -0.4 is 10.6 Å². The Balaban J connectivity index is 1.55. The molecule has 9 nitrogen and oxygen atoms in total. The van der Waals surface area contributed by atoms with E-state index in [1.54, 1.807) is 36.1 Å². The van der Waals surface area contributed by atoms with Crippen molar-refractivity contribution in [1.29, 1.82) is 0 Å². The molecule has 2 saturated heterocycles. The van der Waals surface area contributed by atoms with Crippen LogP contribution in [0.2, 0.25) is 5.02 Å². The summed E-state index contributed by atoms with van der Waals surface area (Å²) in [6, 6.07) is 4.42. The first-order valence-corrected chi connectivity index (χ1v) is 12.9. The largest absolute Gasteiger partial charge is 0.433 e. The van der Waals surface area contributed by atoms with Gasteiger partial charge >= 0.3 is 5.97 Å². The van der Waals surface area contributed by atoms with E-state index >= 15 is 0 Å². The average molecular weight is 520 g/mol. The minimum absolute atomic E-state index is 0.0161. The van der Waals surface area contributed by atoms with Crippen molar-refractivity contribution in [1.82, 2.24) is 15.5 Å². The number of likely N-dealkylation sites (tertiary alicyclic amines) is 1. The molecule has 0 aromatic heterocycles. The summed E-state index contributed by atoms with van der Waals surface area (Å²) in [5, 5.41) is 6.08. The minimum atomic E-state index is -0.872. The Morgan fingerprint density at radius 3 is 2.61 bits per heavy atom. The molecule has 2 bridgehead atoms. The number of amides is 3. The lowest BCUT2D eigenvalue weighted by atomic mass is 9.84. The van der Waals surface area contributed by atoms with Gasteiger partial charge in [0.15, 0.2) is 0 Å². The number of halogens is 1. The standard InChI is InChI=1S/C26H34ClN3O6/c1-5-35-25-18(13-19(31)36-25)28-23(33)20-14-10-11-15(12-14)30(20)24(34)21(26(2,3)4)29-22(32)16-8-6-7-9-17(16)27/h6-9,14-15,18,20-21,25H,5,10-13H2,1-4H3,(H,28,33)(H,29,32)/t14-,15-,18?,20-,21+,25-/m0/s1. The maximum atomic E-state index is 14.0. The van der Waals surface area contributed by atoms with E-state index in [2.05, 4.69) is 10.6 Å². The summed E-state index contributed by atoms with van der Waals surface area (Å²) in [4.78, 5) is 54.0. The van der Waals surface area contributed by atoms with E-state index in [1.165, 1.54) is 0 Å². The Kier molecular flexibility index (Phi) is 7.61. The molecular weight excluding hydrogens is 486 g/mol. The molecule has 1 aromatic rings. The Bertz CT molecular complexity index is 1040. The molecule has 10 heteroatoms. The Hall–Kier alpha value is -2.65. The number of cyclic esters (lactones) is 1. The van der Waals surface area contributed by atoms with Gasteiger partial charge < -0.3 is 25.0 Å². The molecule has 4 rings (SSSR count). The van der Waals surface area contributed by atoms with E-state index in [1.807, 2.05) is 20.8 Å². The summed E-state index contributed by atoms with van der Waals surface area (Å²) in [5.74, 6) is -1.48. The summed E-state index contributed by atoms with van der Waals surface area (Å²) in [5.41, 5.74) is -0.339. The average Bonchev–Trinajstić information content (AvgIpc) is 3.51. The minimum Gasteiger partial charge on any atom is -0.433 e. The number of hydrogen-bond donors (Lipinski definition) is 2. The van der Waals surface area contributed by atoms with Crippen molar-refractivity contribution in [3.8, 4) is 0 Å². The Morgan fingerprint density at radius 2 is 1.94 bits per heavy atom. The molecule has 0 radical (unpaired) electrons. The SMILES string of the molecule is CCO[C@H]1OC(=O)CC1NC(=O)[C@@H]1[C@H]2CC[C@@H](C2)N1C(=O)[C@@H](NC(=O)c1ccccc1Cl)C(C)(C)C. The predicted molar refractivity (Wildman–Crippen MR) is 132 cm³/mol. The lowest BCUT2D eigenvalue weighted by Gasteiger charge is -2.40. The third kappa shape index (κ3) is 5.22. The van der Waals surface area contributed by atoms with Gasteiger partial charge in [-0.1, -0.05) is 44.5 Å². The van der Waals surface area contributed by atoms with E-state index in [4.69, 9.17) is 21.1 Å². The number of ether oxygens (including phenoxy) is 2. The van der Waals surface area contributed by atoms with Crippen LogP contribution in [0.5, 0.6) is 0 Å². The lowest BCUT2D eigenvalue weighted by molar-refractivity contribution is -0.165. The third-order valence-corrected chi connectivity index (χ3v) is 7.57. The second-order valence-corrected chi connectivity index (χ2v) is 11.2. The van der Waals surface area contributed by atoms with Crippen molar-refractivity contribution < 1.29 is 28.7 Å². The van der Waals surface area contributed by atoms with Gasteiger partial charge in [0.2, 0.25) is 18.1 Å². The number of rotatable bonds is 7. The molecular formula is C26H34ClN3O6. The fraction of sp³-hybridized carbons (Fsp3) is 0.615. The molecule has 1 aliphatic carbocycles. The van der Waals surface area contributed by atoms with Crippen molar-refractivity contribution in [2.75, 3.05) is 6.61 Å². The number of esters is 1. The normalized spacial score (nSPS) is 28.1. The molecule has 6 atom stereocenters. The van der Waals surface area contributed by atoms with Crippen LogP contribution in [0, 0.1) is 11.3 Å². The number of benzene rings is 1. The van der Waals surface area contributed by atoms with Gasteiger partial charge in [0, 0.05) is 12.6 Å². The maximum Gasteiger partial charge on any atom is 0.310 e. The van der Waals surface area contributed by atoms with Crippen molar-refractivity contribution in [2.45, 2.75) is 83.8 Å². The van der Waals surface area contributed by atoms with Crippen molar-refractivity contribution >= 4 is 35.3 Å². The summed E-state index contributed by atoms with van der Waals surface area (Å²) < 4.78 is 10.6. The van der Waals surface area contributed by atoms with Gasteiger partial charge in [0.25, 0.3) is 5.91 Å². The Labute approximate surface area is 216 Å². The smallest absolute Gasteiger partial charge is 0.310 e. The molecule has 3 fully saturated rings. The molecule has 3 aliphatic rings. The molecule has 1 aromatic carbocycles. The second kappa shape index (κ2) is 10.4. The van der Waals surface area contributed by atoms with Gasteiger partial charge in [0.1, 0.15) is 18.1 Å². The van der Waals surface area contributed by atoms with Crippen LogP contribution in [-0.2, 0) is 23.9 Å². The van der Waals surface area contributed by atoms with E-state index in [-0.39, 0.29) is 35.8 Å². The number of carbonyl (C=O) groups is 4. The number of nitrogens with zero attached hydrogens (tertiary/aromatic N) is 1. The third-order valence-electron chi connectivity index (χ3n) is 7.24. The highest BCUT2D eigenvalue weighted by molar-refractivity contribution is 6.33. The van der Waals surface area contributed by atoms with Crippen LogP contribution >= 0.6 is 11.6 Å². The van der Waals surface area contributed by atoms with Gasteiger partial charge in [-0.15, -0.1) is 0 Å². The fourth-order valence-corrected chi connectivity index (χ4v) is 5.75. The molecule has 2 N–H and O–H groups in total. The molecule has 1 saturated carbocycles. The van der Waals surface area contributed by atoms with Gasteiger partial charge in [-0.3, -0.25) is 19.2 Å². The summed E-state index contributed by atoms with van der Waals surface area (Å²) in [6.07, 6.45) is 1.56. The van der Waals surface area contributed by atoms with E-state index < -0.39 is 41.7 Å². The van der Waals surface area contributed by atoms with Crippen LogP contribution in [0.25, 0.3) is 0 Å². The molecule has 196 valence electrons. The summed E-state index contributed by atoms with van der Waals surface area (Å²) in [7, 11) is 0. The topological polar surface area (TPSA) is 114 Å². The van der Waals surface area contributed by atoms with Crippen LogP contribution in [-0.4, -0.2) is 65.7 Å². The lowest BCUT2D eigenvalue weighted by Crippen LogP contribution is -2.62. The van der Waals surface area contributed by atoms with Gasteiger partial charge in [-0.2, -0.15) is 0 Å². The zero-order chi connectivity index (χ0) is 26.2. The summed E-state index contributed by atoms with van der Waals surface area (Å²) >= 11 is 6.21. The van der Waals surface area contributed by atoms with Gasteiger partial charge in [0.05, 0.1) is 17.0 Å². The zero-order valence-electron chi connectivity index (χ0n) is 21.1. The first kappa shape index (κ1) is 26.4. The number of carbonyl (C=O) groups excluding carboxylic acids is 4. The van der Waals surface area contributed by atoms with Crippen LogP contribution in [0.3, 0.4) is 0 Å². The van der Waals surface area contributed by atoms with Crippen LogP contribution in [0.4, 0.5) is 0 Å². The van der Waals surface area contributed by atoms with Crippen LogP contribution in [0.1, 0.15) is 63.7 Å². The molecule has 0 spiro atoms. The molecule has 3 amide bonds. The number of hydrogen-bond acceptors (Lipinski definition) is 6. The van der Waals surface area contributed by atoms with Gasteiger partial charge in [-0.05, 0) is 49.7 Å². The highest BCUT2D eigenvalue weighted by atomic mass is 35.5. The summed E-state index contributed by atoms with van der Waals surface area (Å²) in [6.45, 7) is 7.74. The second-order valence-electron chi connectivity index (χ2n) is 10.8. The maximum absolute atomic E-state index is 14.0. The predicted octanol–water partition coefficient (Wildman–Crippen LogP) is 2.66. The first-order chi connectivity index (χ1) is 17.0. The molecule has 36 heavy (non-hydrogen) atoms. The van der Waals surface area contributed by atoms with Gasteiger partial charge in [-0.25, -0.2) is 0 Å². The fourth-order valence-electron chi connectivity index (χ4n) is 5.53. The highest BCUT2D eigenvalue weighted by Gasteiger charge is 2.54. The Morgan fingerprint density at radius 1 is 1.22 bits per heavy atom. The van der Waals surface area contributed by atoms with E-state index in [0.29, 0.717) is 11.6 Å². The quantitative estimate of drug-likeness (QED) is 0.535. The number of piperidine rings is 1. The van der Waals surface area contributed by atoms with E-state index in [0.717, 1.165) is 19.3 Å².